The van der Waals surface area contributed by atoms with Gasteiger partial charge in [-0.3, -0.25) is 0 Å². The van der Waals surface area contributed by atoms with E-state index in [9.17, 15) is 0 Å². The third-order valence-electron chi connectivity index (χ3n) is 4.79. The van der Waals surface area contributed by atoms with Gasteiger partial charge in [-0.1, -0.05) is 135 Å². The summed E-state index contributed by atoms with van der Waals surface area (Å²) in [4.78, 5) is 0. The van der Waals surface area contributed by atoms with Gasteiger partial charge in [-0.15, -0.1) is 0 Å². The molecule has 0 aromatic heterocycles. The van der Waals surface area contributed by atoms with Crippen LogP contribution in [0.5, 0.6) is 0 Å². The van der Waals surface area contributed by atoms with Gasteiger partial charge in [0, 0.05) is 0 Å². The monoisotopic (exact) mass is 568 g/mol. The molecule has 168 valence electrons. The van der Waals surface area contributed by atoms with Crippen molar-refractivity contribution in [1.29, 1.82) is 0 Å². The van der Waals surface area contributed by atoms with Crippen LogP contribution in [-0.4, -0.2) is 0 Å². The van der Waals surface area contributed by atoms with Crippen LogP contribution in [0.15, 0.2) is 115 Å². The first-order valence-corrected chi connectivity index (χ1v) is 11.5. The Bertz CT molecular complexity index is 882. The molecule has 0 aliphatic carbocycles. The quantitative estimate of drug-likeness (QED) is 0.250. The molecule has 4 rings (SSSR count). The van der Waals surface area contributed by atoms with E-state index < -0.39 is 7.92 Å². The maximum Gasteiger partial charge on any atom is 2.00 e. The van der Waals surface area contributed by atoms with E-state index in [1.165, 1.54) is 27.0 Å². The van der Waals surface area contributed by atoms with Crippen LogP contribution in [0, 0.1) is 6.92 Å². The van der Waals surface area contributed by atoms with Crippen molar-refractivity contribution in [2.75, 3.05) is 0 Å². The van der Waals surface area contributed by atoms with Crippen LogP contribution in [0.4, 0.5) is 0 Å². The number of benzene rings is 4. The smallest absolute Gasteiger partial charge is 1.00 e. The molecule has 0 atom stereocenters. The van der Waals surface area contributed by atoms with Crippen LogP contribution in [0.3, 0.4) is 0 Å². The standard InChI is InChI=1S/C18H15P.C10H14.2ClH.Ru/c1-4-10-16(11-5-1)19(17-12-6-2-7-13-17)18-14-8-3-9-15-18;1-8(2)10-6-4-9(3)5-7-10;;;/h1-15H;4-8H,1-3H3;2*1H;/q;;;;+2/p-2. The second-order valence-corrected chi connectivity index (χ2v) is 9.63. The summed E-state index contributed by atoms with van der Waals surface area (Å²) >= 11 is 0. The van der Waals surface area contributed by atoms with Crippen LogP contribution in [-0.2, 0) is 19.5 Å². The number of hydrogen-bond donors (Lipinski definition) is 0. The van der Waals surface area contributed by atoms with Gasteiger partial charge >= 0.3 is 19.5 Å². The SMILES string of the molecule is Cc1ccc(C(C)C)cc1.[Cl-].[Cl-].[Ru+2].c1ccc(P(c2ccccc2)c2ccccc2)cc1. The van der Waals surface area contributed by atoms with Gasteiger partial charge in [-0.2, -0.15) is 0 Å². The molecule has 0 amide bonds. The van der Waals surface area contributed by atoms with Crippen molar-refractivity contribution in [2.24, 2.45) is 0 Å². The van der Waals surface area contributed by atoms with Crippen molar-refractivity contribution in [3.63, 3.8) is 0 Å². The Balaban J connectivity index is 0.000000642. The zero-order chi connectivity index (χ0) is 20.5. The van der Waals surface area contributed by atoms with Crippen molar-refractivity contribution in [3.8, 4) is 0 Å². The van der Waals surface area contributed by atoms with Gasteiger partial charge in [0.05, 0.1) is 0 Å². The molecule has 4 aromatic carbocycles. The molecular formula is C28H29Cl2PRu. The van der Waals surface area contributed by atoms with E-state index in [-0.39, 0.29) is 44.3 Å². The molecule has 0 spiro atoms. The molecule has 0 nitrogen and oxygen atoms in total. The molecule has 0 fully saturated rings. The number of aryl methyl sites for hydroxylation is 1. The molecule has 0 bridgehead atoms. The van der Waals surface area contributed by atoms with Crippen LogP contribution in [0.25, 0.3) is 0 Å². The molecule has 0 N–H and O–H groups in total. The van der Waals surface area contributed by atoms with E-state index in [0.717, 1.165) is 0 Å². The summed E-state index contributed by atoms with van der Waals surface area (Å²) in [6.07, 6.45) is 0. The van der Waals surface area contributed by atoms with E-state index in [0.29, 0.717) is 5.92 Å². The Morgan fingerprint density at radius 3 is 1.09 bits per heavy atom. The van der Waals surface area contributed by atoms with Gasteiger partial charge < -0.3 is 24.8 Å². The first-order chi connectivity index (χ1) is 14.1. The average molecular weight is 568 g/mol. The summed E-state index contributed by atoms with van der Waals surface area (Å²) in [6, 6.07) is 41.0. The predicted octanol–water partition coefficient (Wildman–Crippen LogP) is 0.569. The van der Waals surface area contributed by atoms with Crippen LogP contribution in [0.1, 0.15) is 30.9 Å². The first-order valence-electron chi connectivity index (χ1n) is 10.2. The third-order valence-corrected chi connectivity index (χ3v) is 7.23. The maximum atomic E-state index is 2.23. The molecule has 0 saturated carbocycles. The van der Waals surface area contributed by atoms with E-state index in [4.69, 9.17) is 0 Å². The maximum absolute atomic E-state index is 2.23. The zero-order valence-electron chi connectivity index (χ0n) is 18.6. The minimum Gasteiger partial charge on any atom is -1.00 e. The Morgan fingerprint density at radius 2 is 0.812 bits per heavy atom. The molecule has 0 radical (unpaired) electrons. The fraction of sp³-hybridized carbons (Fsp3) is 0.143. The van der Waals surface area contributed by atoms with Gasteiger partial charge in [-0.05, 0) is 42.2 Å². The van der Waals surface area contributed by atoms with E-state index in [1.54, 1.807) is 0 Å². The molecule has 0 heterocycles. The summed E-state index contributed by atoms with van der Waals surface area (Å²) in [6.45, 7) is 6.54. The van der Waals surface area contributed by atoms with Gasteiger partial charge in [0.15, 0.2) is 0 Å². The van der Waals surface area contributed by atoms with Crippen LogP contribution < -0.4 is 40.7 Å². The Morgan fingerprint density at radius 1 is 0.500 bits per heavy atom. The number of rotatable bonds is 4. The Labute approximate surface area is 220 Å². The van der Waals surface area contributed by atoms with Gasteiger partial charge in [0.1, 0.15) is 0 Å². The predicted molar refractivity (Wildman–Crippen MR) is 130 cm³/mol. The summed E-state index contributed by atoms with van der Waals surface area (Å²) < 4.78 is 0. The summed E-state index contributed by atoms with van der Waals surface area (Å²) in [7, 11) is -0.446. The molecule has 4 heteroatoms. The minimum absolute atomic E-state index is 0. The molecule has 4 aromatic rings. The van der Waals surface area contributed by atoms with Crippen molar-refractivity contribution in [1.82, 2.24) is 0 Å². The fourth-order valence-corrected chi connectivity index (χ4v) is 5.44. The van der Waals surface area contributed by atoms with Gasteiger partial charge in [-0.25, -0.2) is 0 Å². The van der Waals surface area contributed by atoms with E-state index in [2.05, 4.69) is 136 Å². The van der Waals surface area contributed by atoms with Crippen molar-refractivity contribution in [2.45, 2.75) is 26.7 Å². The molecule has 32 heavy (non-hydrogen) atoms. The minimum atomic E-state index is -0.446. The number of halogens is 2. The first kappa shape index (κ1) is 30.5. The second kappa shape index (κ2) is 16.2. The average Bonchev–Trinajstić information content (AvgIpc) is 2.77. The molecule has 0 aliphatic heterocycles. The van der Waals surface area contributed by atoms with Gasteiger partial charge in [0.25, 0.3) is 0 Å². The van der Waals surface area contributed by atoms with E-state index in [1.807, 2.05) is 0 Å². The normalized spacial score (nSPS) is 9.53. The van der Waals surface area contributed by atoms with Crippen molar-refractivity contribution >= 4 is 23.8 Å². The van der Waals surface area contributed by atoms with Crippen LogP contribution >= 0.6 is 7.92 Å². The largest absolute Gasteiger partial charge is 2.00 e. The Hall–Kier alpha value is -1.49. The molecule has 0 unspecified atom stereocenters. The number of hydrogen-bond acceptors (Lipinski definition) is 0. The molecular weight excluding hydrogens is 539 g/mol. The van der Waals surface area contributed by atoms with Crippen molar-refractivity contribution < 1.29 is 44.3 Å². The second-order valence-electron chi connectivity index (χ2n) is 7.41. The Kier molecular flexibility index (Phi) is 15.4. The van der Waals surface area contributed by atoms with Crippen LogP contribution in [0.2, 0.25) is 0 Å². The summed E-state index contributed by atoms with van der Waals surface area (Å²) in [5.41, 5.74) is 2.76. The molecule has 0 saturated heterocycles. The fourth-order valence-electron chi connectivity index (χ4n) is 3.13. The third kappa shape index (κ3) is 9.17. The molecule has 0 aliphatic rings. The van der Waals surface area contributed by atoms with Gasteiger partial charge in [0.2, 0.25) is 0 Å². The topological polar surface area (TPSA) is 0 Å². The summed E-state index contributed by atoms with van der Waals surface area (Å²) in [5, 5.41) is 4.19. The zero-order valence-corrected chi connectivity index (χ0v) is 22.7. The van der Waals surface area contributed by atoms with Crippen molar-refractivity contribution in [3.05, 3.63) is 126 Å². The summed E-state index contributed by atoms with van der Waals surface area (Å²) in [5.74, 6) is 0.653. The van der Waals surface area contributed by atoms with E-state index >= 15 is 0 Å².